The Bertz CT molecular complexity index is 384. The van der Waals surface area contributed by atoms with Crippen LogP contribution < -0.4 is 5.56 Å². The predicted octanol–water partition coefficient (Wildman–Crippen LogP) is 1.87. The molecule has 0 spiro atoms. The van der Waals surface area contributed by atoms with Crippen LogP contribution in [0.5, 0.6) is 0 Å². The number of hydrogen-bond acceptors (Lipinski definition) is 2. The highest BCUT2D eigenvalue weighted by Crippen LogP contribution is 2.06. The lowest BCUT2D eigenvalue weighted by Gasteiger charge is -2.06. The SMILES string of the molecule is Cc1cncc(=O)n1C/C(Cl)=C/Cl. The van der Waals surface area contributed by atoms with Crippen molar-refractivity contribution in [3.63, 3.8) is 0 Å². The summed E-state index contributed by atoms with van der Waals surface area (Å²) in [6.45, 7) is 2.07. The van der Waals surface area contributed by atoms with E-state index in [0.29, 0.717) is 5.03 Å². The van der Waals surface area contributed by atoms with Gasteiger partial charge in [0.05, 0.1) is 12.7 Å². The average Bonchev–Trinajstić information content (AvgIpc) is 2.11. The molecule has 0 radical (unpaired) electrons. The Balaban J connectivity index is 3.07. The molecule has 3 nitrogen and oxygen atoms in total. The normalized spacial score (nSPS) is 11.8. The number of nitrogens with zero attached hydrogens (tertiary/aromatic N) is 2. The van der Waals surface area contributed by atoms with Gasteiger partial charge in [-0.15, -0.1) is 0 Å². The molecule has 0 aliphatic heterocycles. The van der Waals surface area contributed by atoms with Crippen LogP contribution in [0.2, 0.25) is 0 Å². The molecule has 13 heavy (non-hydrogen) atoms. The zero-order valence-electron chi connectivity index (χ0n) is 7.00. The molecular weight excluding hydrogens is 211 g/mol. The highest BCUT2D eigenvalue weighted by Gasteiger charge is 2.00. The van der Waals surface area contributed by atoms with Crippen molar-refractivity contribution >= 4 is 23.2 Å². The molecule has 1 heterocycles. The molecule has 0 amide bonds. The largest absolute Gasteiger partial charge is 0.305 e. The van der Waals surface area contributed by atoms with Gasteiger partial charge in [0, 0.05) is 22.5 Å². The molecule has 0 N–H and O–H groups in total. The summed E-state index contributed by atoms with van der Waals surface area (Å²) >= 11 is 11.1. The van der Waals surface area contributed by atoms with E-state index in [1.807, 2.05) is 0 Å². The lowest BCUT2D eigenvalue weighted by atomic mass is 10.4. The highest BCUT2D eigenvalue weighted by atomic mass is 35.5. The maximum Gasteiger partial charge on any atom is 0.269 e. The first-order chi connectivity index (χ1) is 6.15. The third-order valence-corrected chi connectivity index (χ3v) is 2.17. The molecule has 0 aromatic carbocycles. The molecule has 1 aromatic heterocycles. The molecule has 0 fully saturated rings. The summed E-state index contributed by atoms with van der Waals surface area (Å²) in [5.41, 5.74) is 1.81. The van der Waals surface area contributed by atoms with E-state index in [1.54, 1.807) is 13.1 Å². The Labute approximate surface area is 85.6 Å². The summed E-state index contributed by atoms with van der Waals surface area (Å²) in [5.74, 6) is 0. The smallest absolute Gasteiger partial charge is 0.269 e. The standard InChI is InChI=1S/C8H8Cl2N2O/c1-6-3-11-4-8(13)12(6)5-7(10)2-9/h2-4H,5H2,1H3/b7-2-. The quantitative estimate of drug-likeness (QED) is 0.760. The van der Waals surface area contributed by atoms with E-state index >= 15 is 0 Å². The highest BCUT2D eigenvalue weighted by molar-refractivity contribution is 6.36. The predicted molar refractivity (Wildman–Crippen MR) is 53.0 cm³/mol. The van der Waals surface area contributed by atoms with E-state index < -0.39 is 0 Å². The topological polar surface area (TPSA) is 34.9 Å². The van der Waals surface area contributed by atoms with E-state index in [4.69, 9.17) is 23.2 Å². The fourth-order valence-corrected chi connectivity index (χ4v) is 1.10. The summed E-state index contributed by atoms with van der Waals surface area (Å²) in [4.78, 5) is 15.0. The number of allylic oxidation sites excluding steroid dienone is 1. The molecule has 0 unspecified atom stereocenters. The minimum Gasteiger partial charge on any atom is -0.305 e. The summed E-state index contributed by atoms with van der Waals surface area (Å²) in [7, 11) is 0. The van der Waals surface area contributed by atoms with Crippen LogP contribution in [0.4, 0.5) is 0 Å². The molecule has 0 bridgehead atoms. The van der Waals surface area contributed by atoms with Gasteiger partial charge >= 0.3 is 0 Å². The van der Waals surface area contributed by atoms with E-state index in [-0.39, 0.29) is 12.1 Å². The molecule has 0 aliphatic carbocycles. The van der Waals surface area contributed by atoms with Crippen molar-refractivity contribution < 1.29 is 0 Å². The molecule has 5 heteroatoms. The van der Waals surface area contributed by atoms with Crippen LogP contribution in [0.25, 0.3) is 0 Å². The number of hydrogen-bond donors (Lipinski definition) is 0. The first kappa shape index (κ1) is 10.3. The molecular formula is C8H8Cl2N2O. The molecule has 0 saturated heterocycles. The van der Waals surface area contributed by atoms with Crippen LogP contribution in [0.15, 0.2) is 27.8 Å². The maximum atomic E-state index is 11.3. The van der Waals surface area contributed by atoms with Gasteiger partial charge in [-0.2, -0.15) is 0 Å². The van der Waals surface area contributed by atoms with Crippen molar-refractivity contribution in [2.45, 2.75) is 13.5 Å². The lowest BCUT2D eigenvalue weighted by molar-refractivity contribution is 0.727. The van der Waals surface area contributed by atoms with E-state index in [2.05, 4.69) is 4.98 Å². The van der Waals surface area contributed by atoms with Crippen LogP contribution in [0, 0.1) is 6.92 Å². The van der Waals surface area contributed by atoms with Gasteiger partial charge in [-0.3, -0.25) is 9.78 Å². The number of rotatable bonds is 2. The van der Waals surface area contributed by atoms with Gasteiger partial charge in [-0.1, -0.05) is 23.2 Å². The fraction of sp³-hybridized carbons (Fsp3) is 0.250. The summed E-state index contributed by atoms with van der Waals surface area (Å²) in [6, 6.07) is 0. The molecule has 0 saturated carbocycles. The Kier molecular flexibility index (Phi) is 3.51. The van der Waals surface area contributed by atoms with Crippen molar-refractivity contribution in [1.82, 2.24) is 9.55 Å². The molecule has 1 aromatic rings. The summed E-state index contributed by atoms with van der Waals surface area (Å²) in [5, 5.41) is 0.415. The first-order valence-corrected chi connectivity index (χ1v) is 4.43. The van der Waals surface area contributed by atoms with E-state index in [1.165, 1.54) is 16.3 Å². The van der Waals surface area contributed by atoms with Crippen molar-refractivity contribution in [3.8, 4) is 0 Å². The van der Waals surface area contributed by atoms with Crippen molar-refractivity contribution in [3.05, 3.63) is 39.0 Å². The molecule has 1 rings (SSSR count). The second kappa shape index (κ2) is 4.44. The van der Waals surface area contributed by atoms with Gasteiger partial charge in [0.15, 0.2) is 0 Å². The van der Waals surface area contributed by atoms with Crippen LogP contribution in [-0.4, -0.2) is 9.55 Å². The minimum atomic E-state index is -0.184. The van der Waals surface area contributed by atoms with Gasteiger partial charge < -0.3 is 4.57 Å². The average molecular weight is 219 g/mol. The minimum absolute atomic E-state index is 0.184. The molecule has 0 atom stereocenters. The number of halogens is 2. The van der Waals surface area contributed by atoms with Gasteiger partial charge in [0.1, 0.15) is 0 Å². The Hall–Kier alpha value is -0.800. The van der Waals surface area contributed by atoms with Crippen LogP contribution in [-0.2, 0) is 6.54 Å². The molecule has 70 valence electrons. The van der Waals surface area contributed by atoms with Gasteiger partial charge in [-0.25, -0.2) is 0 Å². The maximum absolute atomic E-state index is 11.3. The zero-order valence-corrected chi connectivity index (χ0v) is 8.51. The van der Waals surface area contributed by atoms with E-state index in [9.17, 15) is 4.79 Å². The van der Waals surface area contributed by atoms with E-state index in [0.717, 1.165) is 5.69 Å². The van der Waals surface area contributed by atoms with Gasteiger partial charge in [-0.05, 0) is 6.92 Å². The third-order valence-electron chi connectivity index (χ3n) is 1.57. The van der Waals surface area contributed by atoms with Crippen molar-refractivity contribution in [2.75, 3.05) is 0 Å². The fourth-order valence-electron chi connectivity index (χ4n) is 0.910. The number of aryl methyl sites for hydroxylation is 1. The Morgan fingerprint density at radius 3 is 2.92 bits per heavy atom. The third kappa shape index (κ3) is 2.57. The van der Waals surface area contributed by atoms with Crippen LogP contribution in [0.1, 0.15) is 5.69 Å². The Morgan fingerprint density at radius 2 is 2.38 bits per heavy atom. The number of aromatic nitrogens is 2. The van der Waals surface area contributed by atoms with Crippen LogP contribution in [0.3, 0.4) is 0 Å². The zero-order chi connectivity index (χ0) is 9.84. The monoisotopic (exact) mass is 218 g/mol. The lowest BCUT2D eigenvalue weighted by Crippen LogP contribution is -2.22. The van der Waals surface area contributed by atoms with Gasteiger partial charge in [0.2, 0.25) is 0 Å². The second-order valence-corrected chi connectivity index (χ2v) is 3.23. The summed E-state index contributed by atoms with van der Waals surface area (Å²) < 4.78 is 1.49. The Morgan fingerprint density at radius 1 is 1.69 bits per heavy atom. The second-order valence-electron chi connectivity index (χ2n) is 2.53. The van der Waals surface area contributed by atoms with Crippen molar-refractivity contribution in [2.24, 2.45) is 0 Å². The summed E-state index contributed by atoms with van der Waals surface area (Å²) in [6.07, 6.45) is 2.84. The van der Waals surface area contributed by atoms with Crippen LogP contribution >= 0.6 is 23.2 Å². The first-order valence-electron chi connectivity index (χ1n) is 3.61. The van der Waals surface area contributed by atoms with Crippen molar-refractivity contribution in [1.29, 1.82) is 0 Å². The van der Waals surface area contributed by atoms with Gasteiger partial charge in [0.25, 0.3) is 5.56 Å². The molecule has 0 aliphatic rings.